The molecule has 1 aliphatic heterocycles. The Morgan fingerprint density at radius 2 is 2.29 bits per heavy atom. The van der Waals surface area contributed by atoms with Gasteiger partial charge in [-0.2, -0.15) is 0 Å². The lowest BCUT2D eigenvalue weighted by molar-refractivity contribution is -0.171. The number of aliphatic hydroxyl groups excluding tert-OH is 1. The Labute approximate surface area is 85.7 Å². The molecule has 0 aliphatic carbocycles. The summed E-state index contributed by atoms with van der Waals surface area (Å²) in [5.74, 6) is 0.295. The van der Waals surface area contributed by atoms with Gasteiger partial charge in [0, 0.05) is 13.0 Å². The van der Waals surface area contributed by atoms with E-state index in [0.29, 0.717) is 5.92 Å². The molecule has 0 aromatic rings. The van der Waals surface area contributed by atoms with E-state index in [1.807, 2.05) is 6.92 Å². The van der Waals surface area contributed by atoms with Gasteiger partial charge in [0.2, 0.25) is 0 Å². The van der Waals surface area contributed by atoms with Crippen molar-refractivity contribution in [1.29, 1.82) is 0 Å². The van der Waals surface area contributed by atoms with Gasteiger partial charge >= 0.3 is 0 Å². The van der Waals surface area contributed by atoms with Gasteiger partial charge in [-0.3, -0.25) is 0 Å². The van der Waals surface area contributed by atoms with Crippen molar-refractivity contribution in [2.24, 2.45) is 5.92 Å². The van der Waals surface area contributed by atoms with Crippen molar-refractivity contribution in [3.8, 4) is 0 Å². The molecule has 1 N–H and O–H groups in total. The maximum absolute atomic E-state index is 9.56. The van der Waals surface area contributed by atoms with E-state index in [-0.39, 0.29) is 12.2 Å². The second kappa shape index (κ2) is 4.91. The molecule has 1 heterocycles. The standard InChI is InChI=1S/C11H20O3/c1-5-9(13-4)10-7(2)6-8(3)11(12)14-10/h6-7,9-12H,5H2,1-4H3. The van der Waals surface area contributed by atoms with Crippen LogP contribution in [0.15, 0.2) is 11.6 Å². The topological polar surface area (TPSA) is 38.7 Å². The van der Waals surface area contributed by atoms with Crippen LogP contribution in [0.1, 0.15) is 27.2 Å². The molecule has 0 amide bonds. The van der Waals surface area contributed by atoms with Gasteiger partial charge < -0.3 is 14.6 Å². The lowest BCUT2D eigenvalue weighted by Crippen LogP contribution is -2.41. The van der Waals surface area contributed by atoms with Gasteiger partial charge in [0.05, 0.1) is 12.2 Å². The molecule has 82 valence electrons. The largest absolute Gasteiger partial charge is 0.379 e. The van der Waals surface area contributed by atoms with E-state index >= 15 is 0 Å². The molecule has 3 nitrogen and oxygen atoms in total. The Hall–Kier alpha value is -0.380. The summed E-state index contributed by atoms with van der Waals surface area (Å²) >= 11 is 0. The monoisotopic (exact) mass is 200 g/mol. The SMILES string of the molecule is CCC(OC)C1OC(O)C(C)=CC1C. The highest BCUT2D eigenvalue weighted by molar-refractivity contribution is 5.09. The molecule has 0 fully saturated rings. The fourth-order valence-electron chi connectivity index (χ4n) is 1.93. The van der Waals surface area contributed by atoms with Crippen LogP contribution in [0.3, 0.4) is 0 Å². The van der Waals surface area contributed by atoms with E-state index in [0.717, 1.165) is 12.0 Å². The van der Waals surface area contributed by atoms with Crippen molar-refractivity contribution in [1.82, 2.24) is 0 Å². The molecule has 0 saturated carbocycles. The van der Waals surface area contributed by atoms with Crippen molar-refractivity contribution < 1.29 is 14.6 Å². The average Bonchev–Trinajstić information content (AvgIpc) is 2.15. The second-order valence-electron chi connectivity index (χ2n) is 3.91. The van der Waals surface area contributed by atoms with Crippen LogP contribution in [0.2, 0.25) is 0 Å². The maximum Gasteiger partial charge on any atom is 0.177 e. The third-order valence-electron chi connectivity index (χ3n) is 2.79. The number of hydrogen-bond acceptors (Lipinski definition) is 3. The highest BCUT2D eigenvalue weighted by Gasteiger charge is 2.31. The summed E-state index contributed by atoms with van der Waals surface area (Å²) in [5.41, 5.74) is 0.889. The molecule has 4 atom stereocenters. The van der Waals surface area contributed by atoms with Gasteiger partial charge in [0.1, 0.15) is 0 Å². The van der Waals surface area contributed by atoms with Crippen LogP contribution in [0, 0.1) is 5.92 Å². The summed E-state index contributed by atoms with van der Waals surface area (Å²) in [6.45, 7) is 6.02. The van der Waals surface area contributed by atoms with Gasteiger partial charge in [-0.05, 0) is 18.9 Å². The molecule has 0 bridgehead atoms. The second-order valence-corrected chi connectivity index (χ2v) is 3.91. The molecular formula is C11H20O3. The van der Waals surface area contributed by atoms with Crippen LogP contribution >= 0.6 is 0 Å². The molecule has 0 aromatic heterocycles. The van der Waals surface area contributed by atoms with Gasteiger partial charge in [0.15, 0.2) is 6.29 Å². The minimum atomic E-state index is -0.764. The Balaban J connectivity index is 2.72. The third-order valence-corrected chi connectivity index (χ3v) is 2.79. The number of ether oxygens (including phenoxy) is 2. The van der Waals surface area contributed by atoms with Gasteiger partial charge in [-0.1, -0.05) is 19.9 Å². The van der Waals surface area contributed by atoms with Crippen LogP contribution < -0.4 is 0 Å². The zero-order valence-electron chi connectivity index (χ0n) is 9.36. The Bertz CT molecular complexity index is 209. The highest BCUT2D eigenvalue weighted by atomic mass is 16.6. The summed E-state index contributed by atoms with van der Waals surface area (Å²) < 4.78 is 10.8. The van der Waals surface area contributed by atoms with Crippen LogP contribution in [0.4, 0.5) is 0 Å². The van der Waals surface area contributed by atoms with Crippen LogP contribution in [-0.4, -0.2) is 30.7 Å². The van der Waals surface area contributed by atoms with E-state index in [1.165, 1.54) is 0 Å². The van der Waals surface area contributed by atoms with Crippen molar-refractivity contribution in [3.05, 3.63) is 11.6 Å². The molecule has 1 rings (SSSR count). The Morgan fingerprint density at radius 1 is 1.64 bits per heavy atom. The molecule has 0 radical (unpaired) electrons. The fourth-order valence-corrected chi connectivity index (χ4v) is 1.93. The minimum absolute atomic E-state index is 0.0382. The molecule has 0 saturated heterocycles. The number of methoxy groups -OCH3 is 1. The predicted molar refractivity (Wildman–Crippen MR) is 54.9 cm³/mol. The molecule has 0 aromatic carbocycles. The first-order valence-electron chi connectivity index (χ1n) is 5.14. The summed E-state index contributed by atoms with van der Waals surface area (Å²) in [4.78, 5) is 0. The van der Waals surface area contributed by atoms with E-state index in [2.05, 4.69) is 19.9 Å². The first-order chi connectivity index (χ1) is 6.60. The van der Waals surface area contributed by atoms with Crippen molar-refractivity contribution >= 4 is 0 Å². The quantitative estimate of drug-likeness (QED) is 0.705. The highest BCUT2D eigenvalue weighted by Crippen LogP contribution is 2.26. The molecule has 0 spiro atoms. The van der Waals surface area contributed by atoms with Crippen molar-refractivity contribution in [3.63, 3.8) is 0 Å². The third kappa shape index (κ3) is 2.35. The molecule has 1 aliphatic rings. The van der Waals surface area contributed by atoms with Crippen LogP contribution in [0.25, 0.3) is 0 Å². The van der Waals surface area contributed by atoms with E-state index in [9.17, 15) is 5.11 Å². The smallest absolute Gasteiger partial charge is 0.177 e. The van der Waals surface area contributed by atoms with Gasteiger partial charge in [-0.15, -0.1) is 0 Å². The number of rotatable bonds is 3. The Kier molecular flexibility index (Phi) is 4.11. The Morgan fingerprint density at radius 3 is 2.79 bits per heavy atom. The lowest BCUT2D eigenvalue weighted by atomic mass is 9.93. The summed E-state index contributed by atoms with van der Waals surface area (Å²) in [6, 6.07) is 0. The first-order valence-corrected chi connectivity index (χ1v) is 5.14. The van der Waals surface area contributed by atoms with Crippen LogP contribution in [0.5, 0.6) is 0 Å². The zero-order valence-corrected chi connectivity index (χ0v) is 9.36. The van der Waals surface area contributed by atoms with Crippen molar-refractivity contribution in [2.45, 2.75) is 45.7 Å². The molecular weight excluding hydrogens is 180 g/mol. The molecule has 3 heteroatoms. The normalized spacial score (nSPS) is 35.2. The number of hydrogen-bond donors (Lipinski definition) is 1. The fraction of sp³-hybridized carbons (Fsp3) is 0.818. The lowest BCUT2D eigenvalue weighted by Gasteiger charge is -2.35. The summed E-state index contributed by atoms with van der Waals surface area (Å²) in [6.07, 6.45) is 2.21. The minimum Gasteiger partial charge on any atom is -0.379 e. The average molecular weight is 200 g/mol. The zero-order chi connectivity index (χ0) is 10.7. The van der Waals surface area contributed by atoms with Gasteiger partial charge in [-0.25, -0.2) is 0 Å². The van der Waals surface area contributed by atoms with E-state index in [4.69, 9.17) is 9.47 Å². The summed E-state index contributed by atoms with van der Waals surface area (Å²) in [7, 11) is 1.68. The summed E-state index contributed by atoms with van der Waals surface area (Å²) in [5, 5.41) is 9.56. The van der Waals surface area contributed by atoms with Gasteiger partial charge in [0.25, 0.3) is 0 Å². The number of aliphatic hydroxyl groups is 1. The predicted octanol–water partition coefficient (Wildman–Crippen LogP) is 1.71. The van der Waals surface area contributed by atoms with Crippen molar-refractivity contribution in [2.75, 3.05) is 7.11 Å². The molecule has 14 heavy (non-hydrogen) atoms. The maximum atomic E-state index is 9.56. The van der Waals surface area contributed by atoms with E-state index in [1.54, 1.807) is 7.11 Å². The molecule has 4 unspecified atom stereocenters. The first kappa shape index (κ1) is 11.7. The van der Waals surface area contributed by atoms with E-state index < -0.39 is 6.29 Å². The van der Waals surface area contributed by atoms with Crippen LogP contribution in [-0.2, 0) is 9.47 Å².